The van der Waals surface area contributed by atoms with Gasteiger partial charge in [0.15, 0.2) is 0 Å². The molecule has 3 rings (SSSR count). The van der Waals surface area contributed by atoms with Crippen molar-refractivity contribution >= 4 is 17.5 Å². The predicted molar refractivity (Wildman–Crippen MR) is 98.0 cm³/mol. The van der Waals surface area contributed by atoms with E-state index in [9.17, 15) is 4.79 Å². The summed E-state index contributed by atoms with van der Waals surface area (Å²) in [4.78, 5) is 14.6. The minimum absolute atomic E-state index is 0.272. The molecule has 0 radical (unpaired) electrons. The van der Waals surface area contributed by atoms with Crippen molar-refractivity contribution in [1.29, 1.82) is 0 Å². The summed E-state index contributed by atoms with van der Waals surface area (Å²) in [6.07, 6.45) is 6.35. The second-order valence-corrected chi connectivity index (χ2v) is 7.01. The van der Waals surface area contributed by atoms with Gasteiger partial charge in [-0.25, -0.2) is 0 Å². The van der Waals surface area contributed by atoms with Crippen LogP contribution in [0.1, 0.15) is 43.9 Å². The van der Waals surface area contributed by atoms with E-state index in [0.29, 0.717) is 12.5 Å². The van der Waals surface area contributed by atoms with E-state index in [2.05, 4.69) is 29.8 Å². The van der Waals surface area contributed by atoms with E-state index in [0.717, 1.165) is 49.4 Å². The molecule has 128 valence electrons. The zero-order valence-electron chi connectivity index (χ0n) is 14.2. The van der Waals surface area contributed by atoms with Gasteiger partial charge in [-0.3, -0.25) is 4.79 Å². The monoisotopic (exact) mass is 344 g/mol. The van der Waals surface area contributed by atoms with Gasteiger partial charge in [0.25, 0.3) is 0 Å². The third-order valence-electron chi connectivity index (χ3n) is 4.59. The van der Waals surface area contributed by atoms with Crippen LogP contribution >= 0.6 is 11.6 Å². The van der Waals surface area contributed by atoms with Crippen LogP contribution in [0.4, 0.5) is 0 Å². The zero-order chi connectivity index (χ0) is 16.9. The molecule has 0 saturated heterocycles. The van der Waals surface area contributed by atoms with Crippen LogP contribution in [0.2, 0.25) is 5.02 Å². The fraction of sp³-hybridized carbons (Fsp3) is 0.450. The van der Waals surface area contributed by atoms with E-state index in [1.54, 1.807) is 0 Å². The summed E-state index contributed by atoms with van der Waals surface area (Å²) in [6.45, 7) is 4.44. The van der Waals surface area contributed by atoms with Gasteiger partial charge in [0, 0.05) is 35.9 Å². The van der Waals surface area contributed by atoms with Crippen LogP contribution in [-0.2, 0) is 17.9 Å². The maximum atomic E-state index is 12.6. The molecule has 0 atom stereocenters. The average Bonchev–Trinajstić information content (AvgIpc) is 3.35. The Kier molecular flexibility index (Phi) is 5.62. The lowest BCUT2D eigenvalue weighted by atomic mass is 10.2. The van der Waals surface area contributed by atoms with Gasteiger partial charge in [-0.1, -0.05) is 43.1 Å². The fourth-order valence-electron chi connectivity index (χ4n) is 2.96. The Labute approximate surface area is 149 Å². The molecule has 1 aromatic carbocycles. The number of unbranched alkanes of at least 4 members (excludes halogenated alkanes) is 1. The molecule has 0 N–H and O–H groups in total. The number of benzene rings is 1. The molecule has 0 unspecified atom stereocenters. The van der Waals surface area contributed by atoms with Crippen molar-refractivity contribution in [3.05, 3.63) is 58.9 Å². The number of hydrogen-bond donors (Lipinski definition) is 0. The molecule has 1 saturated carbocycles. The van der Waals surface area contributed by atoms with Crippen molar-refractivity contribution in [2.24, 2.45) is 5.92 Å². The molecule has 4 heteroatoms. The van der Waals surface area contributed by atoms with Gasteiger partial charge < -0.3 is 9.47 Å². The Bertz CT molecular complexity index is 690. The fourth-order valence-corrected chi connectivity index (χ4v) is 3.15. The van der Waals surface area contributed by atoms with Gasteiger partial charge in [-0.2, -0.15) is 0 Å². The first-order valence-electron chi connectivity index (χ1n) is 8.85. The van der Waals surface area contributed by atoms with Gasteiger partial charge in [0.1, 0.15) is 0 Å². The molecule has 0 spiro atoms. The SMILES string of the molecule is CCCCN(Cc1cccn1Cc1ccccc1Cl)C(=O)C1CC1. The molecular formula is C20H25ClN2O. The molecule has 1 aliphatic carbocycles. The number of carbonyl (C=O) groups is 1. The predicted octanol–water partition coefficient (Wildman–Crippen LogP) is 4.73. The first kappa shape index (κ1) is 17.1. The maximum Gasteiger partial charge on any atom is 0.226 e. The van der Waals surface area contributed by atoms with Crippen molar-refractivity contribution in [1.82, 2.24) is 9.47 Å². The summed E-state index contributed by atoms with van der Waals surface area (Å²) in [7, 11) is 0. The van der Waals surface area contributed by atoms with Gasteiger partial charge in [-0.05, 0) is 43.0 Å². The molecule has 0 aliphatic heterocycles. The Morgan fingerprint density at radius 3 is 2.75 bits per heavy atom. The van der Waals surface area contributed by atoms with Gasteiger partial charge in [0.2, 0.25) is 5.91 Å². The van der Waals surface area contributed by atoms with Crippen LogP contribution in [0.25, 0.3) is 0 Å². The van der Waals surface area contributed by atoms with Crippen LogP contribution in [0.15, 0.2) is 42.6 Å². The summed E-state index contributed by atoms with van der Waals surface area (Å²) in [6, 6.07) is 12.1. The van der Waals surface area contributed by atoms with E-state index in [1.165, 1.54) is 5.69 Å². The van der Waals surface area contributed by atoms with Crippen molar-refractivity contribution in [2.45, 2.75) is 45.7 Å². The van der Waals surface area contributed by atoms with Crippen molar-refractivity contribution < 1.29 is 4.79 Å². The molecule has 3 nitrogen and oxygen atoms in total. The molecule has 1 aliphatic rings. The highest BCUT2D eigenvalue weighted by Crippen LogP contribution is 2.31. The summed E-state index contributed by atoms with van der Waals surface area (Å²) >= 11 is 6.29. The van der Waals surface area contributed by atoms with Gasteiger partial charge in [-0.15, -0.1) is 0 Å². The highest BCUT2D eigenvalue weighted by molar-refractivity contribution is 6.31. The molecule has 24 heavy (non-hydrogen) atoms. The largest absolute Gasteiger partial charge is 0.345 e. The highest BCUT2D eigenvalue weighted by atomic mass is 35.5. The minimum atomic E-state index is 0.272. The molecule has 1 amide bonds. The van der Waals surface area contributed by atoms with Crippen LogP contribution < -0.4 is 0 Å². The highest BCUT2D eigenvalue weighted by Gasteiger charge is 2.33. The lowest BCUT2D eigenvalue weighted by Crippen LogP contribution is -2.33. The quantitative estimate of drug-likeness (QED) is 0.679. The van der Waals surface area contributed by atoms with Crippen LogP contribution in [0, 0.1) is 5.92 Å². The average molecular weight is 345 g/mol. The van der Waals surface area contributed by atoms with Crippen LogP contribution in [0.3, 0.4) is 0 Å². The third-order valence-corrected chi connectivity index (χ3v) is 4.96. The summed E-state index contributed by atoms with van der Waals surface area (Å²) < 4.78 is 2.19. The van der Waals surface area contributed by atoms with E-state index in [1.807, 2.05) is 29.2 Å². The lowest BCUT2D eigenvalue weighted by molar-refractivity contribution is -0.133. The second kappa shape index (κ2) is 7.89. The lowest BCUT2D eigenvalue weighted by Gasteiger charge is -2.23. The van der Waals surface area contributed by atoms with Gasteiger partial charge in [0.05, 0.1) is 6.54 Å². The smallest absolute Gasteiger partial charge is 0.226 e. The van der Waals surface area contributed by atoms with E-state index in [4.69, 9.17) is 11.6 Å². The Hall–Kier alpha value is -1.74. The van der Waals surface area contributed by atoms with Crippen molar-refractivity contribution in [2.75, 3.05) is 6.54 Å². The number of hydrogen-bond acceptors (Lipinski definition) is 1. The van der Waals surface area contributed by atoms with E-state index >= 15 is 0 Å². The first-order valence-corrected chi connectivity index (χ1v) is 9.23. The van der Waals surface area contributed by atoms with Crippen LogP contribution in [0.5, 0.6) is 0 Å². The first-order chi connectivity index (χ1) is 11.7. The Balaban J connectivity index is 1.73. The number of aromatic nitrogens is 1. The zero-order valence-corrected chi connectivity index (χ0v) is 15.0. The summed E-state index contributed by atoms with van der Waals surface area (Å²) in [5, 5.41) is 0.786. The Morgan fingerprint density at radius 2 is 2.04 bits per heavy atom. The number of halogens is 1. The minimum Gasteiger partial charge on any atom is -0.345 e. The third kappa shape index (κ3) is 4.21. The van der Waals surface area contributed by atoms with Crippen molar-refractivity contribution in [3.63, 3.8) is 0 Å². The molecule has 1 heterocycles. The standard InChI is InChI=1S/C20H25ClN2O/c1-2-3-12-23(20(24)16-10-11-16)15-18-8-6-13-22(18)14-17-7-4-5-9-19(17)21/h4-9,13,16H,2-3,10-12,14-15H2,1H3. The molecular weight excluding hydrogens is 320 g/mol. The number of amides is 1. The molecule has 1 aromatic heterocycles. The summed E-state index contributed by atoms with van der Waals surface area (Å²) in [5.41, 5.74) is 2.27. The molecule has 1 fully saturated rings. The van der Waals surface area contributed by atoms with Gasteiger partial charge >= 0.3 is 0 Å². The normalized spacial score (nSPS) is 13.9. The Morgan fingerprint density at radius 1 is 1.25 bits per heavy atom. The topological polar surface area (TPSA) is 25.2 Å². The number of carbonyl (C=O) groups excluding carboxylic acids is 1. The summed E-state index contributed by atoms with van der Waals surface area (Å²) in [5.74, 6) is 0.600. The number of rotatable bonds is 8. The number of nitrogens with zero attached hydrogens (tertiary/aromatic N) is 2. The van der Waals surface area contributed by atoms with Crippen molar-refractivity contribution in [3.8, 4) is 0 Å². The second-order valence-electron chi connectivity index (χ2n) is 6.61. The maximum absolute atomic E-state index is 12.6. The molecule has 2 aromatic rings. The van der Waals surface area contributed by atoms with Crippen LogP contribution in [-0.4, -0.2) is 21.9 Å². The van der Waals surface area contributed by atoms with E-state index < -0.39 is 0 Å². The van der Waals surface area contributed by atoms with E-state index in [-0.39, 0.29) is 5.92 Å². The molecule has 0 bridgehead atoms.